The van der Waals surface area contributed by atoms with Crippen LogP contribution in [0.5, 0.6) is 0 Å². The molecule has 0 unspecified atom stereocenters. The summed E-state index contributed by atoms with van der Waals surface area (Å²) in [4.78, 5) is 12.3. The van der Waals surface area contributed by atoms with Crippen LogP contribution in [0.15, 0.2) is 24.3 Å². The highest BCUT2D eigenvalue weighted by Gasteiger charge is 2.31. The first kappa shape index (κ1) is 22.2. The van der Waals surface area contributed by atoms with Crippen molar-refractivity contribution in [3.8, 4) is 0 Å². The zero-order valence-electron chi connectivity index (χ0n) is 16.8. The van der Waals surface area contributed by atoms with Gasteiger partial charge in [0.1, 0.15) is 0 Å². The number of amides is 1. The first-order valence-corrected chi connectivity index (χ1v) is 12.1. The van der Waals surface area contributed by atoms with Crippen molar-refractivity contribution in [3.05, 3.63) is 35.4 Å². The Balaban J connectivity index is 1.78. The lowest BCUT2D eigenvalue weighted by Gasteiger charge is -2.30. The second-order valence-corrected chi connectivity index (χ2v) is 12.1. The fourth-order valence-electron chi connectivity index (χ4n) is 3.06. The summed E-state index contributed by atoms with van der Waals surface area (Å²) < 4.78 is 27.0. The predicted molar refractivity (Wildman–Crippen MR) is 113 cm³/mol. The van der Waals surface area contributed by atoms with Gasteiger partial charge >= 0.3 is 0 Å². The fraction of sp³-hybridized carbons (Fsp3) is 0.650. The number of thioether (sulfide) groups is 1. The van der Waals surface area contributed by atoms with Gasteiger partial charge in [0.15, 0.2) is 0 Å². The summed E-state index contributed by atoms with van der Waals surface area (Å²) in [6.45, 7) is 9.96. The Morgan fingerprint density at radius 3 is 2.33 bits per heavy atom. The number of piperidine rings is 1. The van der Waals surface area contributed by atoms with Crippen LogP contribution < -0.4 is 5.32 Å². The van der Waals surface area contributed by atoms with E-state index < -0.39 is 10.0 Å². The molecule has 0 saturated carbocycles. The molecule has 1 aromatic rings. The molecular formula is C20H32N2O3S2. The first-order chi connectivity index (χ1) is 12.6. The van der Waals surface area contributed by atoms with Crippen molar-refractivity contribution >= 4 is 27.7 Å². The third-order valence-electron chi connectivity index (χ3n) is 4.62. The molecule has 5 nitrogen and oxygen atoms in total. The maximum absolute atomic E-state index is 12.6. The van der Waals surface area contributed by atoms with Gasteiger partial charge in [-0.25, -0.2) is 12.7 Å². The van der Waals surface area contributed by atoms with E-state index in [0.29, 0.717) is 32.5 Å². The van der Waals surface area contributed by atoms with E-state index in [2.05, 4.69) is 26.1 Å². The number of carbonyl (C=O) groups is 1. The van der Waals surface area contributed by atoms with Gasteiger partial charge < -0.3 is 5.32 Å². The minimum atomic E-state index is -3.34. The summed E-state index contributed by atoms with van der Waals surface area (Å²) >= 11 is 1.83. The summed E-state index contributed by atoms with van der Waals surface area (Å²) in [5.74, 6) is 0.878. The monoisotopic (exact) mass is 412 g/mol. The lowest BCUT2D eigenvalue weighted by molar-refractivity contribution is -0.125. The molecule has 0 radical (unpaired) electrons. The van der Waals surface area contributed by atoms with Crippen LogP contribution in [-0.2, 0) is 20.6 Å². The van der Waals surface area contributed by atoms with Gasteiger partial charge in [0, 0.05) is 36.1 Å². The molecule has 0 bridgehead atoms. The van der Waals surface area contributed by atoms with Gasteiger partial charge in [0.2, 0.25) is 15.9 Å². The van der Waals surface area contributed by atoms with Crippen molar-refractivity contribution < 1.29 is 13.2 Å². The normalized spacial score (nSPS) is 17.0. The predicted octanol–water partition coefficient (Wildman–Crippen LogP) is 3.18. The molecule has 0 aromatic heterocycles. The summed E-state index contributed by atoms with van der Waals surface area (Å²) in [5.41, 5.74) is 1.92. The summed E-state index contributed by atoms with van der Waals surface area (Å²) in [5, 5.41) is 3.00. The van der Waals surface area contributed by atoms with Crippen LogP contribution in [-0.4, -0.2) is 48.8 Å². The van der Waals surface area contributed by atoms with Gasteiger partial charge in [-0.1, -0.05) is 50.6 Å². The van der Waals surface area contributed by atoms with Crippen molar-refractivity contribution in [2.24, 2.45) is 5.92 Å². The molecule has 2 rings (SSSR count). The van der Waals surface area contributed by atoms with E-state index in [1.54, 1.807) is 0 Å². The van der Waals surface area contributed by atoms with Gasteiger partial charge in [-0.05, 0) is 25.3 Å². The molecule has 1 saturated heterocycles. The van der Waals surface area contributed by atoms with Crippen LogP contribution in [0.3, 0.4) is 0 Å². The second kappa shape index (κ2) is 9.43. The molecule has 1 fully saturated rings. The average Bonchev–Trinajstić information content (AvgIpc) is 2.60. The van der Waals surface area contributed by atoms with E-state index in [-0.39, 0.29) is 22.3 Å². The minimum Gasteiger partial charge on any atom is -0.355 e. The topological polar surface area (TPSA) is 66.5 Å². The number of hydrogen-bond acceptors (Lipinski definition) is 4. The zero-order chi connectivity index (χ0) is 20.1. The van der Waals surface area contributed by atoms with Crippen molar-refractivity contribution in [2.45, 2.75) is 51.0 Å². The van der Waals surface area contributed by atoms with Crippen LogP contribution in [0.2, 0.25) is 0 Å². The maximum Gasteiger partial charge on any atom is 0.223 e. The third-order valence-corrected chi connectivity index (χ3v) is 7.75. The van der Waals surface area contributed by atoms with Crippen LogP contribution in [0.4, 0.5) is 0 Å². The smallest absolute Gasteiger partial charge is 0.223 e. The van der Waals surface area contributed by atoms with Gasteiger partial charge in [-0.3, -0.25) is 4.79 Å². The SMILES string of the molecule is Cc1ccc(CS(=O)(=O)N2CCC(C(=O)NCCSC(C)(C)C)CC2)cc1. The summed E-state index contributed by atoms with van der Waals surface area (Å²) in [6.07, 6.45) is 1.18. The Kier molecular flexibility index (Phi) is 7.77. The number of nitrogens with one attached hydrogen (secondary N) is 1. The lowest BCUT2D eigenvalue weighted by atomic mass is 9.97. The highest BCUT2D eigenvalue weighted by molar-refractivity contribution is 8.00. The van der Waals surface area contributed by atoms with E-state index in [1.807, 2.05) is 43.0 Å². The van der Waals surface area contributed by atoms with Crippen molar-refractivity contribution in [3.63, 3.8) is 0 Å². The lowest BCUT2D eigenvalue weighted by Crippen LogP contribution is -2.43. The van der Waals surface area contributed by atoms with Crippen molar-refractivity contribution in [1.29, 1.82) is 0 Å². The third kappa shape index (κ3) is 7.47. The largest absolute Gasteiger partial charge is 0.355 e. The zero-order valence-corrected chi connectivity index (χ0v) is 18.5. The molecule has 7 heteroatoms. The molecule has 27 heavy (non-hydrogen) atoms. The maximum atomic E-state index is 12.6. The number of carbonyl (C=O) groups excluding carboxylic acids is 1. The van der Waals surface area contributed by atoms with E-state index in [0.717, 1.165) is 16.9 Å². The number of benzene rings is 1. The van der Waals surface area contributed by atoms with Gasteiger partial charge in [-0.15, -0.1) is 0 Å². The Labute approximate surface area is 168 Å². The molecule has 1 aliphatic rings. The summed E-state index contributed by atoms with van der Waals surface area (Å²) in [7, 11) is -3.34. The standard InChI is InChI=1S/C20H32N2O3S2/c1-16-5-7-17(8-6-16)15-27(24,25)22-12-9-18(10-13-22)19(23)21-11-14-26-20(2,3)4/h5-8,18H,9-15H2,1-4H3,(H,21,23). The Morgan fingerprint density at radius 1 is 1.19 bits per heavy atom. The minimum absolute atomic E-state index is 0.0220. The van der Waals surface area contributed by atoms with Crippen LogP contribution >= 0.6 is 11.8 Å². The molecule has 1 amide bonds. The average molecular weight is 413 g/mol. The quantitative estimate of drug-likeness (QED) is 0.699. The Morgan fingerprint density at radius 2 is 1.78 bits per heavy atom. The summed E-state index contributed by atoms with van der Waals surface area (Å²) in [6, 6.07) is 7.59. The molecule has 1 aliphatic heterocycles. The molecule has 1 N–H and O–H groups in total. The molecule has 1 aromatic carbocycles. The number of sulfonamides is 1. The Bertz CT molecular complexity index is 717. The molecular weight excluding hydrogens is 380 g/mol. The number of aryl methyl sites for hydroxylation is 1. The highest BCUT2D eigenvalue weighted by atomic mass is 32.2. The second-order valence-electron chi connectivity index (χ2n) is 8.17. The molecule has 152 valence electrons. The van der Waals surface area contributed by atoms with Crippen LogP contribution in [0.1, 0.15) is 44.7 Å². The fourth-order valence-corrected chi connectivity index (χ4v) is 5.44. The first-order valence-electron chi connectivity index (χ1n) is 9.52. The van der Waals surface area contributed by atoms with E-state index in [9.17, 15) is 13.2 Å². The molecule has 0 aliphatic carbocycles. The van der Waals surface area contributed by atoms with Gasteiger partial charge in [0.25, 0.3) is 0 Å². The van der Waals surface area contributed by atoms with Crippen molar-refractivity contribution in [2.75, 3.05) is 25.4 Å². The molecule has 0 atom stereocenters. The Hall–Kier alpha value is -1.05. The van der Waals surface area contributed by atoms with Gasteiger partial charge in [0.05, 0.1) is 5.75 Å². The van der Waals surface area contributed by atoms with Gasteiger partial charge in [-0.2, -0.15) is 11.8 Å². The number of rotatable bonds is 7. The van der Waals surface area contributed by atoms with Crippen molar-refractivity contribution in [1.82, 2.24) is 9.62 Å². The molecule has 1 heterocycles. The highest BCUT2D eigenvalue weighted by Crippen LogP contribution is 2.23. The van der Waals surface area contributed by atoms with Crippen LogP contribution in [0, 0.1) is 12.8 Å². The van der Waals surface area contributed by atoms with E-state index in [1.165, 1.54) is 4.31 Å². The van der Waals surface area contributed by atoms with E-state index >= 15 is 0 Å². The number of nitrogens with zero attached hydrogens (tertiary/aromatic N) is 1. The number of hydrogen-bond donors (Lipinski definition) is 1. The molecule has 0 spiro atoms. The van der Waals surface area contributed by atoms with Crippen LogP contribution in [0.25, 0.3) is 0 Å². The van der Waals surface area contributed by atoms with E-state index in [4.69, 9.17) is 0 Å².